The Labute approximate surface area is 115 Å². The van der Waals surface area contributed by atoms with Crippen LogP contribution in [0.5, 0.6) is 0 Å². The molecule has 1 aromatic heterocycles. The number of hydrogen-bond donors (Lipinski definition) is 0. The van der Waals surface area contributed by atoms with Crippen LogP contribution >= 0.6 is 22.9 Å². The summed E-state index contributed by atoms with van der Waals surface area (Å²) in [5.74, 6) is -0.0427. The Hall–Kier alpha value is -1.07. The predicted molar refractivity (Wildman–Crippen MR) is 71.6 cm³/mol. The van der Waals surface area contributed by atoms with E-state index in [4.69, 9.17) is 11.6 Å². The molecule has 2 rings (SSSR count). The molecule has 0 unspecified atom stereocenters. The number of likely N-dealkylation sites (N-methyl/N-ethyl adjacent to an activating group) is 1. The van der Waals surface area contributed by atoms with E-state index in [9.17, 15) is 9.59 Å². The van der Waals surface area contributed by atoms with Crippen LogP contribution in [0.25, 0.3) is 0 Å². The van der Waals surface area contributed by atoms with Crippen LogP contribution in [0.2, 0.25) is 4.34 Å². The second-order valence-electron chi connectivity index (χ2n) is 4.47. The molecule has 0 aliphatic carbocycles. The number of rotatable bonds is 2. The number of hydrogen-bond acceptors (Lipinski definition) is 3. The average Bonchev–Trinajstić information content (AvgIpc) is 2.75. The van der Waals surface area contributed by atoms with Gasteiger partial charge >= 0.3 is 0 Å². The van der Waals surface area contributed by atoms with Crippen LogP contribution < -0.4 is 0 Å². The van der Waals surface area contributed by atoms with Crippen molar-refractivity contribution in [1.29, 1.82) is 0 Å². The Bertz CT molecular complexity index is 488. The minimum absolute atomic E-state index is 0.0193. The fraction of sp³-hybridized carbons (Fsp3) is 0.500. The van der Waals surface area contributed by atoms with Gasteiger partial charge in [-0.1, -0.05) is 11.6 Å². The molecule has 98 valence electrons. The molecule has 0 radical (unpaired) electrons. The van der Waals surface area contributed by atoms with E-state index < -0.39 is 12.1 Å². The summed E-state index contributed by atoms with van der Waals surface area (Å²) < 4.78 is 0.693. The summed E-state index contributed by atoms with van der Waals surface area (Å²) in [4.78, 5) is 28.3. The van der Waals surface area contributed by atoms with Gasteiger partial charge in [-0.15, -0.1) is 11.3 Å². The Morgan fingerprint density at radius 3 is 2.44 bits per heavy atom. The molecule has 0 saturated carbocycles. The van der Waals surface area contributed by atoms with Gasteiger partial charge in [0.1, 0.15) is 12.1 Å². The highest BCUT2D eigenvalue weighted by Crippen LogP contribution is 2.25. The number of piperazine rings is 1. The monoisotopic (exact) mass is 286 g/mol. The van der Waals surface area contributed by atoms with E-state index in [2.05, 4.69) is 0 Å². The third kappa shape index (κ3) is 2.24. The van der Waals surface area contributed by atoms with Crippen molar-refractivity contribution in [2.45, 2.75) is 32.5 Å². The molecule has 1 aliphatic rings. The minimum Gasteiger partial charge on any atom is -0.332 e. The maximum Gasteiger partial charge on any atom is 0.246 e. The molecule has 18 heavy (non-hydrogen) atoms. The number of nitrogens with zero attached hydrogens (tertiary/aromatic N) is 2. The molecule has 1 fully saturated rings. The molecule has 1 aliphatic heterocycles. The summed E-state index contributed by atoms with van der Waals surface area (Å²) in [6.45, 7) is 3.96. The normalized spacial score (nSPS) is 24.9. The summed E-state index contributed by atoms with van der Waals surface area (Å²) in [5, 5.41) is 0. The Morgan fingerprint density at radius 1 is 1.22 bits per heavy atom. The standard InChI is InChI=1S/C12H15ClN2O2S/c1-7-12(17)15(8(2)11(16)14(7)3)6-9-4-5-10(13)18-9/h4-5,7-8H,6H2,1-3H3/t7-,8-/m0/s1. The van der Waals surface area contributed by atoms with Crippen LogP contribution in [-0.4, -0.2) is 40.7 Å². The molecule has 4 nitrogen and oxygen atoms in total. The zero-order valence-electron chi connectivity index (χ0n) is 10.5. The third-order valence-corrected chi connectivity index (χ3v) is 4.56. The molecule has 0 spiro atoms. The van der Waals surface area contributed by atoms with E-state index in [1.54, 1.807) is 31.9 Å². The molecule has 0 aromatic carbocycles. The van der Waals surface area contributed by atoms with Crippen LogP contribution in [0.3, 0.4) is 0 Å². The molecule has 2 amide bonds. The fourth-order valence-electron chi connectivity index (χ4n) is 2.03. The summed E-state index contributed by atoms with van der Waals surface area (Å²) in [6.07, 6.45) is 0. The Kier molecular flexibility index (Phi) is 3.64. The number of amides is 2. The van der Waals surface area contributed by atoms with Crippen molar-refractivity contribution >= 4 is 34.8 Å². The molecule has 2 heterocycles. The number of thiophene rings is 1. The number of carbonyl (C=O) groups excluding carboxylic acids is 2. The fourth-order valence-corrected chi connectivity index (χ4v) is 3.12. The van der Waals surface area contributed by atoms with Crippen molar-refractivity contribution in [2.75, 3.05) is 7.05 Å². The zero-order valence-corrected chi connectivity index (χ0v) is 12.1. The molecule has 2 atom stereocenters. The van der Waals surface area contributed by atoms with E-state index in [1.807, 2.05) is 6.07 Å². The second-order valence-corrected chi connectivity index (χ2v) is 6.27. The SMILES string of the molecule is C[C@H]1C(=O)N(Cc2ccc(Cl)s2)[C@@H](C)C(=O)N1C. The van der Waals surface area contributed by atoms with Gasteiger partial charge < -0.3 is 9.80 Å². The smallest absolute Gasteiger partial charge is 0.246 e. The maximum atomic E-state index is 12.2. The lowest BCUT2D eigenvalue weighted by molar-refractivity contribution is -0.159. The highest BCUT2D eigenvalue weighted by Gasteiger charge is 2.39. The molecule has 0 N–H and O–H groups in total. The van der Waals surface area contributed by atoms with Gasteiger partial charge in [-0.05, 0) is 26.0 Å². The van der Waals surface area contributed by atoms with Crippen molar-refractivity contribution in [3.63, 3.8) is 0 Å². The second kappa shape index (κ2) is 4.90. The van der Waals surface area contributed by atoms with Gasteiger partial charge in [-0.2, -0.15) is 0 Å². The van der Waals surface area contributed by atoms with Crippen molar-refractivity contribution < 1.29 is 9.59 Å². The van der Waals surface area contributed by atoms with E-state index in [-0.39, 0.29) is 11.8 Å². The summed E-state index contributed by atoms with van der Waals surface area (Å²) >= 11 is 7.31. The van der Waals surface area contributed by atoms with Crippen LogP contribution in [0.15, 0.2) is 12.1 Å². The van der Waals surface area contributed by atoms with E-state index in [1.165, 1.54) is 16.2 Å². The average molecular weight is 287 g/mol. The van der Waals surface area contributed by atoms with E-state index >= 15 is 0 Å². The minimum atomic E-state index is -0.417. The maximum absolute atomic E-state index is 12.2. The van der Waals surface area contributed by atoms with E-state index in [0.717, 1.165) is 4.88 Å². The largest absolute Gasteiger partial charge is 0.332 e. The summed E-state index contributed by atoms with van der Waals surface area (Å²) in [7, 11) is 1.67. The van der Waals surface area contributed by atoms with Gasteiger partial charge in [0.05, 0.1) is 10.9 Å². The number of halogens is 1. The van der Waals surface area contributed by atoms with Crippen molar-refractivity contribution in [1.82, 2.24) is 9.80 Å². The van der Waals surface area contributed by atoms with Gasteiger partial charge in [0.25, 0.3) is 0 Å². The van der Waals surface area contributed by atoms with Gasteiger partial charge in [0, 0.05) is 11.9 Å². The van der Waals surface area contributed by atoms with Crippen LogP contribution in [0.1, 0.15) is 18.7 Å². The number of carbonyl (C=O) groups is 2. The third-order valence-electron chi connectivity index (χ3n) is 3.35. The summed E-state index contributed by atoms with van der Waals surface area (Å²) in [5.41, 5.74) is 0. The first-order chi connectivity index (χ1) is 8.41. The van der Waals surface area contributed by atoms with Gasteiger partial charge in [0.15, 0.2) is 0 Å². The molecule has 1 saturated heterocycles. The first kappa shape index (κ1) is 13.4. The van der Waals surface area contributed by atoms with Crippen molar-refractivity contribution in [3.05, 3.63) is 21.3 Å². The molecule has 0 bridgehead atoms. The lowest BCUT2D eigenvalue weighted by atomic mass is 10.1. The van der Waals surface area contributed by atoms with Crippen LogP contribution in [0.4, 0.5) is 0 Å². The lowest BCUT2D eigenvalue weighted by Gasteiger charge is -2.40. The first-order valence-electron chi connectivity index (χ1n) is 5.73. The van der Waals surface area contributed by atoms with Gasteiger partial charge in [0.2, 0.25) is 11.8 Å². The van der Waals surface area contributed by atoms with Crippen LogP contribution in [0, 0.1) is 0 Å². The van der Waals surface area contributed by atoms with Gasteiger partial charge in [-0.3, -0.25) is 9.59 Å². The van der Waals surface area contributed by atoms with Crippen molar-refractivity contribution in [2.24, 2.45) is 0 Å². The zero-order chi connectivity index (χ0) is 13.4. The molecule has 1 aromatic rings. The Balaban J connectivity index is 2.20. The Morgan fingerprint density at radius 2 is 1.89 bits per heavy atom. The van der Waals surface area contributed by atoms with E-state index in [0.29, 0.717) is 10.9 Å². The predicted octanol–water partition coefficient (Wildman–Crippen LogP) is 1.98. The highest BCUT2D eigenvalue weighted by atomic mass is 35.5. The molecular formula is C12H15ClN2O2S. The lowest BCUT2D eigenvalue weighted by Crippen LogP contribution is -2.61. The quantitative estimate of drug-likeness (QED) is 0.834. The van der Waals surface area contributed by atoms with Crippen LogP contribution in [-0.2, 0) is 16.1 Å². The summed E-state index contributed by atoms with van der Waals surface area (Å²) in [6, 6.07) is 2.88. The molecule has 6 heteroatoms. The molecular weight excluding hydrogens is 272 g/mol. The first-order valence-corrected chi connectivity index (χ1v) is 6.92. The topological polar surface area (TPSA) is 40.6 Å². The van der Waals surface area contributed by atoms with Gasteiger partial charge in [-0.25, -0.2) is 0 Å². The van der Waals surface area contributed by atoms with Crippen molar-refractivity contribution in [3.8, 4) is 0 Å². The highest BCUT2D eigenvalue weighted by molar-refractivity contribution is 7.16.